The fourth-order valence-electron chi connectivity index (χ4n) is 3.18. The molecular formula is C20H17F3N4O2S. The van der Waals surface area contributed by atoms with Crippen LogP contribution in [0.2, 0.25) is 0 Å². The molecule has 1 aliphatic heterocycles. The van der Waals surface area contributed by atoms with Gasteiger partial charge in [-0.1, -0.05) is 18.2 Å². The van der Waals surface area contributed by atoms with E-state index in [2.05, 4.69) is 9.84 Å². The zero-order chi connectivity index (χ0) is 21.3. The Kier molecular flexibility index (Phi) is 5.69. The smallest absolute Gasteiger partial charge is 0.387 e. The van der Waals surface area contributed by atoms with Gasteiger partial charge in [-0.3, -0.25) is 4.79 Å². The highest BCUT2D eigenvalue weighted by molar-refractivity contribution is 7.97. The summed E-state index contributed by atoms with van der Waals surface area (Å²) in [5.41, 5.74) is 7.74. The number of alkyl halides is 2. The van der Waals surface area contributed by atoms with Gasteiger partial charge in [0.05, 0.1) is 12.2 Å². The largest absolute Gasteiger partial charge is 0.435 e. The van der Waals surface area contributed by atoms with Gasteiger partial charge in [-0.05, 0) is 30.3 Å². The molecule has 0 saturated heterocycles. The summed E-state index contributed by atoms with van der Waals surface area (Å²) in [5.74, 6) is -0.800. The van der Waals surface area contributed by atoms with E-state index in [1.54, 1.807) is 39.4 Å². The van der Waals surface area contributed by atoms with Crippen molar-refractivity contribution in [2.75, 3.05) is 0 Å². The molecule has 1 atom stereocenters. The van der Waals surface area contributed by atoms with Gasteiger partial charge in [0.1, 0.15) is 17.6 Å². The van der Waals surface area contributed by atoms with Gasteiger partial charge in [0.25, 0.3) is 0 Å². The number of hydrogen-bond acceptors (Lipinski definition) is 5. The third-order valence-corrected chi connectivity index (χ3v) is 5.48. The first-order valence-corrected chi connectivity index (χ1v) is 9.77. The molecule has 2 N–H and O–H groups in total. The molecule has 3 aromatic rings. The van der Waals surface area contributed by atoms with Crippen molar-refractivity contribution in [1.82, 2.24) is 14.1 Å². The fraction of sp³-hybridized carbons (Fsp3) is 0.200. The van der Waals surface area contributed by atoms with E-state index in [9.17, 15) is 18.0 Å². The van der Waals surface area contributed by atoms with E-state index in [0.29, 0.717) is 6.54 Å². The predicted molar refractivity (Wildman–Crippen MR) is 104 cm³/mol. The Hall–Kier alpha value is -2.98. The van der Waals surface area contributed by atoms with Gasteiger partial charge in [-0.2, -0.15) is 13.9 Å². The molecule has 1 aromatic heterocycles. The standard InChI is InChI=1S/C20H17F3N4O2S/c21-16-4-2-1-3-15(16)18(24)19(28)26-9-12-10-27(25-17(12)11-26)30-14-7-5-13(6-8-14)29-20(22)23/h1-8,10,18,20H,9,11,24H2. The number of amides is 1. The number of carbonyl (C=O) groups is 1. The van der Waals surface area contributed by atoms with Crippen molar-refractivity contribution in [3.05, 3.63) is 77.4 Å². The number of benzene rings is 2. The molecule has 10 heteroatoms. The Bertz CT molecular complexity index is 1030. The Morgan fingerprint density at radius 3 is 2.53 bits per heavy atom. The van der Waals surface area contributed by atoms with Crippen LogP contribution in [-0.2, 0) is 17.9 Å². The molecule has 2 aromatic carbocycles. The van der Waals surface area contributed by atoms with Gasteiger partial charge in [0, 0.05) is 40.7 Å². The number of carbonyl (C=O) groups excluding carboxylic acids is 1. The van der Waals surface area contributed by atoms with E-state index in [1.165, 1.54) is 36.2 Å². The molecule has 30 heavy (non-hydrogen) atoms. The first-order chi connectivity index (χ1) is 14.4. The quantitative estimate of drug-likeness (QED) is 0.640. The van der Waals surface area contributed by atoms with E-state index in [0.717, 1.165) is 16.2 Å². The van der Waals surface area contributed by atoms with Crippen LogP contribution in [0, 0.1) is 5.82 Å². The molecule has 4 rings (SSSR count). The summed E-state index contributed by atoms with van der Waals surface area (Å²) < 4.78 is 44.3. The molecule has 0 saturated carbocycles. The average Bonchev–Trinajstić information content (AvgIpc) is 3.27. The first-order valence-electron chi connectivity index (χ1n) is 9.00. The lowest BCUT2D eigenvalue weighted by Crippen LogP contribution is -2.35. The van der Waals surface area contributed by atoms with Gasteiger partial charge < -0.3 is 15.4 Å². The molecule has 0 radical (unpaired) electrons. The van der Waals surface area contributed by atoms with Crippen LogP contribution in [0.4, 0.5) is 13.2 Å². The minimum atomic E-state index is -2.87. The monoisotopic (exact) mass is 434 g/mol. The molecule has 0 fully saturated rings. The van der Waals surface area contributed by atoms with E-state index in [-0.39, 0.29) is 23.8 Å². The lowest BCUT2D eigenvalue weighted by atomic mass is 10.1. The molecular weight excluding hydrogens is 417 g/mol. The molecule has 1 amide bonds. The number of aromatic nitrogens is 2. The van der Waals surface area contributed by atoms with Crippen LogP contribution in [0.25, 0.3) is 0 Å². The summed E-state index contributed by atoms with van der Waals surface area (Å²) in [6.45, 7) is -2.25. The number of fused-ring (bicyclic) bond motifs is 1. The minimum absolute atomic E-state index is 0.0812. The third-order valence-electron chi connectivity index (χ3n) is 4.62. The van der Waals surface area contributed by atoms with Crippen molar-refractivity contribution in [2.24, 2.45) is 5.73 Å². The maximum atomic E-state index is 13.9. The van der Waals surface area contributed by atoms with Gasteiger partial charge >= 0.3 is 6.61 Å². The fourth-order valence-corrected chi connectivity index (χ4v) is 3.97. The Morgan fingerprint density at radius 1 is 1.13 bits per heavy atom. The van der Waals surface area contributed by atoms with Gasteiger partial charge in [-0.15, -0.1) is 0 Å². The number of hydrogen-bond donors (Lipinski definition) is 1. The highest BCUT2D eigenvalue weighted by Gasteiger charge is 2.31. The minimum Gasteiger partial charge on any atom is -0.435 e. The zero-order valence-corrected chi connectivity index (χ0v) is 16.4. The molecule has 156 valence electrons. The Balaban J connectivity index is 1.39. The molecule has 6 nitrogen and oxygen atoms in total. The zero-order valence-electron chi connectivity index (χ0n) is 15.5. The van der Waals surface area contributed by atoms with Crippen LogP contribution in [0.3, 0.4) is 0 Å². The highest BCUT2D eigenvalue weighted by atomic mass is 32.2. The number of rotatable bonds is 6. The summed E-state index contributed by atoms with van der Waals surface area (Å²) in [6.07, 6.45) is 1.80. The van der Waals surface area contributed by atoms with E-state index < -0.39 is 18.5 Å². The summed E-state index contributed by atoms with van der Waals surface area (Å²) >= 11 is 1.30. The second-order valence-corrected chi connectivity index (χ2v) is 7.67. The van der Waals surface area contributed by atoms with Gasteiger partial charge in [0.15, 0.2) is 0 Å². The maximum Gasteiger partial charge on any atom is 0.387 e. The normalized spacial score (nSPS) is 14.1. The topological polar surface area (TPSA) is 73.4 Å². The van der Waals surface area contributed by atoms with E-state index in [1.807, 2.05) is 0 Å². The third kappa shape index (κ3) is 4.29. The van der Waals surface area contributed by atoms with Crippen LogP contribution in [0.15, 0.2) is 59.6 Å². The van der Waals surface area contributed by atoms with Crippen LogP contribution >= 0.6 is 11.9 Å². The van der Waals surface area contributed by atoms with Crippen LogP contribution in [0.5, 0.6) is 5.75 Å². The number of ether oxygens (including phenoxy) is 1. The summed E-state index contributed by atoms with van der Waals surface area (Å²) in [7, 11) is 0. The highest BCUT2D eigenvalue weighted by Crippen LogP contribution is 2.29. The second kappa shape index (κ2) is 8.41. The van der Waals surface area contributed by atoms with Crippen LogP contribution < -0.4 is 10.5 Å². The Morgan fingerprint density at radius 2 is 1.87 bits per heavy atom. The SMILES string of the molecule is NC(C(=O)N1Cc2cn(Sc3ccc(OC(F)F)cc3)nc2C1)c1ccccc1F. The first kappa shape index (κ1) is 20.3. The van der Waals surface area contributed by atoms with Gasteiger partial charge in [-0.25, -0.2) is 8.48 Å². The summed E-state index contributed by atoms with van der Waals surface area (Å²) in [4.78, 5) is 15.0. The average molecular weight is 434 g/mol. The molecule has 2 heterocycles. The summed E-state index contributed by atoms with van der Waals surface area (Å²) in [6, 6.07) is 11.1. The number of halogens is 3. The second-order valence-electron chi connectivity index (χ2n) is 6.64. The molecule has 0 spiro atoms. The van der Waals surface area contributed by atoms with Crippen molar-refractivity contribution < 1.29 is 22.7 Å². The lowest BCUT2D eigenvalue weighted by Gasteiger charge is -2.21. The van der Waals surface area contributed by atoms with Crippen molar-refractivity contribution in [1.29, 1.82) is 0 Å². The van der Waals surface area contributed by atoms with Crippen molar-refractivity contribution in [3.8, 4) is 5.75 Å². The maximum absolute atomic E-state index is 13.9. The van der Waals surface area contributed by atoms with Gasteiger partial charge in [0.2, 0.25) is 5.91 Å². The van der Waals surface area contributed by atoms with Crippen LogP contribution in [0.1, 0.15) is 22.9 Å². The molecule has 0 aliphatic carbocycles. The van der Waals surface area contributed by atoms with Crippen molar-refractivity contribution in [3.63, 3.8) is 0 Å². The summed E-state index contributed by atoms with van der Waals surface area (Å²) in [5, 5.41) is 4.46. The van der Waals surface area contributed by atoms with E-state index in [4.69, 9.17) is 5.73 Å². The van der Waals surface area contributed by atoms with Crippen molar-refractivity contribution in [2.45, 2.75) is 30.6 Å². The van der Waals surface area contributed by atoms with Crippen LogP contribution in [-0.4, -0.2) is 26.6 Å². The number of nitrogens with zero attached hydrogens (tertiary/aromatic N) is 3. The predicted octanol–water partition coefficient (Wildman–Crippen LogP) is 3.72. The van der Waals surface area contributed by atoms with Crippen molar-refractivity contribution >= 4 is 17.9 Å². The molecule has 0 bridgehead atoms. The van der Waals surface area contributed by atoms with E-state index >= 15 is 0 Å². The molecule has 1 aliphatic rings. The lowest BCUT2D eigenvalue weighted by molar-refractivity contribution is -0.133. The number of nitrogens with two attached hydrogens (primary N) is 1. The Labute approximate surface area is 174 Å². The molecule has 1 unspecified atom stereocenters.